The molecule has 0 saturated carbocycles. The van der Waals surface area contributed by atoms with Crippen LogP contribution in [0.5, 0.6) is 0 Å². The number of sulfonamides is 1. The molecule has 0 aliphatic heterocycles. The van der Waals surface area contributed by atoms with Crippen molar-refractivity contribution in [1.29, 1.82) is 0 Å². The van der Waals surface area contributed by atoms with Gasteiger partial charge in [0.15, 0.2) is 0 Å². The van der Waals surface area contributed by atoms with Crippen molar-refractivity contribution in [1.82, 2.24) is 0 Å². The molecule has 0 unspecified atom stereocenters. The van der Waals surface area contributed by atoms with E-state index >= 15 is 0 Å². The molecule has 0 atom stereocenters. The third-order valence-corrected chi connectivity index (χ3v) is 6.42. The molecule has 0 saturated heterocycles. The van der Waals surface area contributed by atoms with E-state index in [4.69, 9.17) is 11.6 Å². The Hall–Kier alpha value is -2.22. The molecule has 3 rings (SSSR count). The number of anilines is 2. The topological polar surface area (TPSA) is 49.4 Å². The summed E-state index contributed by atoms with van der Waals surface area (Å²) in [6, 6.07) is 18.3. The molecule has 0 aliphatic rings. The van der Waals surface area contributed by atoms with Crippen LogP contribution in [0.4, 0.5) is 15.8 Å². The minimum atomic E-state index is -3.42. The number of benzene rings is 3. The maximum absolute atomic E-state index is 14.6. The number of hydrogen-bond acceptors (Lipinski definition) is 4. The first-order valence-corrected chi connectivity index (χ1v) is 13.0. The fourth-order valence-electron chi connectivity index (χ4n) is 3.31. The molecule has 164 valence electrons. The van der Waals surface area contributed by atoms with Gasteiger partial charge in [-0.2, -0.15) is 0 Å². The highest BCUT2D eigenvalue weighted by atomic mass is 35.5. The van der Waals surface area contributed by atoms with Crippen molar-refractivity contribution < 1.29 is 12.8 Å². The Kier molecular flexibility index (Phi) is 7.51. The fourth-order valence-corrected chi connectivity index (χ4v) is 4.50. The summed E-state index contributed by atoms with van der Waals surface area (Å²) in [5.74, 6) is -0.377. The molecule has 0 fully saturated rings. The van der Waals surface area contributed by atoms with Gasteiger partial charge in [0.05, 0.1) is 11.9 Å². The smallest absolute Gasteiger partial charge is 0.229 e. The van der Waals surface area contributed by atoms with Gasteiger partial charge in [-0.15, -0.1) is 11.8 Å². The minimum absolute atomic E-state index is 0.302. The lowest BCUT2D eigenvalue weighted by Crippen LogP contribution is -2.24. The zero-order valence-electron chi connectivity index (χ0n) is 17.5. The van der Waals surface area contributed by atoms with Crippen LogP contribution in [-0.4, -0.2) is 20.9 Å². The Morgan fingerprint density at radius 1 is 1.06 bits per heavy atom. The molecule has 0 amide bonds. The zero-order valence-corrected chi connectivity index (χ0v) is 19.9. The Labute approximate surface area is 192 Å². The van der Waals surface area contributed by atoms with Crippen LogP contribution in [0.1, 0.15) is 16.7 Å². The van der Waals surface area contributed by atoms with Crippen LogP contribution >= 0.6 is 23.4 Å². The summed E-state index contributed by atoms with van der Waals surface area (Å²) < 4.78 is 40.6. The molecule has 0 spiro atoms. The lowest BCUT2D eigenvalue weighted by molar-refractivity contribution is 0.603. The lowest BCUT2D eigenvalue weighted by Gasteiger charge is -2.28. The first kappa shape index (κ1) is 23.4. The second-order valence-corrected chi connectivity index (χ2v) is 10.3. The van der Waals surface area contributed by atoms with E-state index in [2.05, 4.69) is 16.9 Å². The molecule has 0 aliphatic carbocycles. The van der Waals surface area contributed by atoms with Crippen LogP contribution in [-0.2, 0) is 23.1 Å². The molecule has 0 radical (unpaired) electrons. The van der Waals surface area contributed by atoms with Gasteiger partial charge in [-0.1, -0.05) is 35.9 Å². The van der Waals surface area contributed by atoms with Gasteiger partial charge in [0.1, 0.15) is 5.82 Å². The lowest BCUT2D eigenvalue weighted by atomic mass is 10.1. The molecule has 0 aromatic heterocycles. The van der Waals surface area contributed by atoms with Gasteiger partial charge in [-0.3, -0.25) is 4.72 Å². The Morgan fingerprint density at radius 2 is 1.77 bits per heavy atom. The highest BCUT2D eigenvalue weighted by Crippen LogP contribution is 2.31. The molecular weight excluding hydrogens is 455 g/mol. The predicted octanol–water partition coefficient (Wildman–Crippen LogP) is 6.09. The van der Waals surface area contributed by atoms with Crippen molar-refractivity contribution in [2.75, 3.05) is 22.1 Å². The van der Waals surface area contributed by atoms with E-state index in [0.29, 0.717) is 29.4 Å². The number of hydrogen-bond donors (Lipinski definition) is 1. The number of nitrogens with zero attached hydrogens (tertiary/aromatic N) is 1. The standard InChI is InChI=1S/C23H24ClFN2O2S2/c1-16-22(26-31(3,28)29)5-4-6-23(16)27(14-17-7-11-20(30-2)12-8-17)15-18-9-10-19(24)13-21(18)25/h4-13,26H,14-15H2,1-3H3. The molecule has 8 heteroatoms. The minimum Gasteiger partial charge on any atom is -0.362 e. The second kappa shape index (κ2) is 9.94. The normalized spacial score (nSPS) is 11.4. The van der Waals surface area contributed by atoms with E-state index in [9.17, 15) is 12.8 Å². The second-order valence-electron chi connectivity index (χ2n) is 7.26. The Balaban J connectivity index is 2.01. The van der Waals surface area contributed by atoms with E-state index in [1.54, 1.807) is 36.0 Å². The largest absolute Gasteiger partial charge is 0.362 e. The quantitative estimate of drug-likeness (QED) is 0.398. The van der Waals surface area contributed by atoms with Crippen molar-refractivity contribution in [3.05, 3.63) is 88.2 Å². The molecule has 3 aromatic rings. The van der Waals surface area contributed by atoms with E-state index in [-0.39, 0.29) is 5.82 Å². The van der Waals surface area contributed by atoms with Crippen LogP contribution in [0, 0.1) is 12.7 Å². The average Bonchev–Trinajstić information content (AvgIpc) is 2.70. The summed E-state index contributed by atoms with van der Waals surface area (Å²) in [5, 5.41) is 0.344. The fraction of sp³-hybridized carbons (Fsp3) is 0.217. The van der Waals surface area contributed by atoms with Gasteiger partial charge in [-0.05, 0) is 60.7 Å². The third kappa shape index (κ3) is 6.38. The highest BCUT2D eigenvalue weighted by molar-refractivity contribution is 7.98. The molecule has 1 N–H and O–H groups in total. The summed E-state index contributed by atoms with van der Waals surface area (Å²) in [6.45, 7) is 2.68. The van der Waals surface area contributed by atoms with E-state index in [1.807, 2.05) is 36.3 Å². The molecule has 3 aromatic carbocycles. The summed E-state index contributed by atoms with van der Waals surface area (Å²) >= 11 is 7.58. The van der Waals surface area contributed by atoms with Crippen LogP contribution in [0.2, 0.25) is 5.02 Å². The number of thioether (sulfide) groups is 1. The van der Waals surface area contributed by atoms with Crippen molar-refractivity contribution in [3.63, 3.8) is 0 Å². The SMILES string of the molecule is CSc1ccc(CN(Cc2ccc(Cl)cc2F)c2cccc(NS(C)(=O)=O)c2C)cc1. The summed E-state index contributed by atoms with van der Waals surface area (Å²) in [7, 11) is -3.42. The van der Waals surface area contributed by atoms with E-state index in [0.717, 1.165) is 28.0 Å². The molecular formula is C23H24ClFN2O2S2. The molecule has 4 nitrogen and oxygen atoms in total. The van der Waals surface area contributed by atoms with Crippen LogP contribution < -0.4 is 9.62 Å². The van der Waals surface area contributed by atoms with E-state index < -0.39 is 10.0 Å². The Morgan fingerprint density at radius 3 is 2.39 bits per heavy atom. The third-order valence-electron chi connectivity index (χ3n) is 4.85. The number of rotatable bonds is 8. The van der Waals surface area contributed by atoms with Crippen molar-refractivity contribution >= 4 is 44.8 Å². The summed E-state index contributed by atoms with van der Waals surface area (Å²) in [6.07, 6.45) is 3.14. The van der Waals surface area contributed by atoms with Gasteiger partial charge in [0.25, 0.3) is 0 Å². The maximum atomic E-state index is 14.6. The van der Waals surface area contributed by atoms with Crippen LogP contribution in [0.25, 0.3) is 0 Å². The Bertz CT molecular complexity index is 1170. The first-order valence-electron chi connectivity index (χ1n) is 9.55. The van der Waals surface area contributed by atoms with Gasteiger partial charge >= 0.3 is 0 Å². The van der Waals surface area contributed by atoms with Gasteiger partial charge in [-0.25, -0.2) is 12.8 Å². The summed E-state index contributed by atoms with van der Waals surface area (Å²) in [5.41, 5.74) is 3.65. The predicted molar refractivity (Wildman–Crippen MR) is 129 cm³/mol. The van der Waals surface area contributed by atoms with Gasteiger partial charge in [0.2, 0.25) is 10.0 Å². The highest BCUT2D eigenvalue weighted by Gasteiger charge is 2.16. The number of halogens is 2. The molecule has 31 heavy (non-hydrogen) atoms. The van der Waals surface area contributed by atoms with Gasteiger partial charge < -0.3 is 4.90 Å². The monoisotopic (exact) mass is 478 g/mol. The first-order chi connectivity index (χ1) is 14.7. The van der Waals surface area contributed by atoms with E-state index in [1.165, 1.54) is 6.07 Å². The zero-order chi connectivity index (χ0) is 22.6. The van der Waals surface area contributed by atoms with Crippen molar-refractivity contribution in [2.45, 2.75) is 24.9 Å². The molecule has 0 heterocycles. The van der Waals surface area contributed by atoms with Crippen LogP contribution in [0.15, 0.2) is 65.6 Å². The van der Waals surface area contributed by atoms with Crippen molar-refractivity contribution in [2.24, 2.45) is 0 Å². The van der Waals surface area contributed by atoms with Gasteiger partial charge in [0, 0.05) is 34.3 Å². The molecule has 0 bridgehead atoms. The summed E-state index contributed by atoms with van der Waals surface area (Å²) in [4.78, 5) is 3.19. The van der Waals surface area contributed by atoms with Crippen LogP contribution in [0.3, 0.4) is 0 Å². The maximum Gasteiger partial charge on any atom is 0.229 e. The average molecular weight is 479 g/mol. The van der Waals surface area contributed by atoms with Crippen molar-refractivity contribution in [3.8, 4) is 0 Å². The number of nitrogens with one attached hydrogen (secondary N) is 1.